The number of thioether (sulfide) groups is 3. The first-order chi connectivity index (χ1) is 35.2. The predicted octanol–water partition coefficient (Wildman–Crippen LogP) is 17.3. The predicted molar refractivity (Wildman–Crippen MR) is 307 cm³/mol. The second-order valence-electron chi connectivity index (χ2n) is 17.5. The van der Waals surface area contributed by atoms with Crippen LogP contribution < -0.4 is 0 Å². The Morgan fingerprint density at radius 3 is 0.903 bits per heavy atom. The molecule has 0 aliphatic heterocycles. The fourth-order valence-electron chi connectivity index (χ4n) is 9.21. The summed E-state index contributed by atoms with van der Waals surface area (Å²) in [5, 5.41) is 38.7. The first-order valence-electron chi connectivity index (χ1n) is 23.7. The highest BCUT2D eigenvalue weighted by Gasteiger charge is 2.20. The van der Waals surface area contributed by atoms with Gasteiger partial charge in [0.15, 0.2) is 0 Å². The fourth-order valence-corrected chi connectivity index (χ4v) is 12.7. The first kappa shape index (κ1) is 48.1. The summed E-state index contributed by atoms with van der Waals surface area (Å²) in [6.45, 7) is 6.78. The summed E-state index contributed by atoms with van der Waals surface area (Å²) in [4.78, 5) is 18.1. The van der Waals surface area contributed by atoms with Crippen LogP contribution in [0.1, 0.15) is 50.1 Å². The molecule has 10 aromatic rings. The average molecular weight is 994 g/mol. The van der Waals surface area contributed by atoms with Gasteiger partial charge in [0, 0.05) is 67.3 Å². The van der Waals surface area contributed by atoms with Crippen LogP contribution in [0.2, 0.25) is 0 Å². The second-order valence-corrected chi connectivity index (χ2v) is 20.6. The summed E-state index contributed by atoms with van der Waals surface area (Å²) in [7, 11) is 0. The lowest BCUT2D eigenvalue weighted by Crippen LogP contribution is -2.06. The van der Waals surface area contributed by atoms with E-state index in [-0.39, 0.29) is 17.2 Å². The maximum atomic E-state index is 10.9. The molecule has 0 amide bonds. The molecule has 0 bridgehead atoms. The zero-order valence-electron chi connectivity index (χ0n) is 40.1. The van der Waals surface area contributed by atoms with Gasteiger partial charge in [0.05, 0.1) is 17.1 Å². The molecule has 0 aliphatic rings. The standard InChI is InChI=1S/C63H51N3O3S3/c1-40-52(37-70-61-25-13-10-22-55(61)64-34-49-46-19-7-4-16-43(46)28-31-58(49)67)41(2)54(39-72-63-27-15-12-24-57(63)66-36-51-48-21-9-6-18-45(48)30-33-60(51)69)42(3)53(40)38-71-62-26-14-11-23-56(62)65-35-50-47-20-8-5-17-44(47)29-32-59(50)68/h4-36,67-69H,37-39H2,1-3H3. The molecule has 10 aromatic carbocycles. The smallest absolute Gasteiger partial charge is 0.124 e. The van der Waals surface area contributed by atoms with Gasteiger partial charge in [0.1, 0.15) is 17.2 Å². The van der Waals surface area contributed by atoms with Crippen LogP contribution in [0.3, 0.4) is 0 Å². The largest absolute Gasteiger partial charge is 0.507 e. The van der Waals surface area contributed by atoms with E-state index in [4.69, 9.17) is 15.0 Å². The van der Waals surface area contributed by atoms with Gasteiger partial charge >= 0.3 is 0 Å². The van der Waals surface area contributed by atoms with Crippen molar-refractivity contribution in [3.05, 3.63) is 232 Å². The van der Waals surface area contributed by atoms with E-state index in [2.05, 4.69) is 57.2 Å². The Bertz CT molecular complexity index is 3340. The van der Waals surface area contributed by atoms with E-state index in [1.54, 1.807) is 72.1 Å². The minimum absolute atomic E-state index is 0.196. The van der Waals surface area contributed by atoms with Crippen LogP contribution in [-0.2, 0) is 17.3 Å². The van der Waals surface area contributed by atoms with Gasteiger partial charge in [-0.2, -0.15) is 0 Å². The van der Waals surface area contributed by atoms with Crippen molar-refractivity contribution in [2.24, 2.45) is 15.0 Å². The molecule has 72 heavy (non-hydrogen) atoms. The van der Waals surface area contributed by atoms with Crippen LogP contribution in [0.25, 0.3) is 32.3 Å². The van der Waals surface area contributed by atoms with Crippen molar-refractivity contribution in [2.45, 2.75) is 52.7 Å². The van der Waals surface area contributed by atoms with Gasteiger partial charge in [0.25, 0.3) is 0 Å². The van der Waals surface area contributed by atoms with E-state index in [1.165, 1.54) is 33.4 Å². The third kappa shape index (κ3) is 10.3. The summed E-state index contributed by atoms with van der Waals surface area (Å²) in [6, 6.07) is 59.7. The van der Waals surface area contributed by atoms with Crippen molar-refractivity contribution in [1.29, 1.82) is 0 Å². The van der Waals surface area contributed by atoms with Crippen LogP contribution >= 0.6 is 35.3 Å². The van der Waals surface area contributed by atoms with E-state index in [9.17, 15) is 15.3 Å². The van der Waals surface area contributed by atoms with Crippen molar-refractivity contribution >= 4 is 103 Å². The molecule has 0 unspecified atom stereocenters. The number of phenolic OH excluding ortho intramolecular Hbond substituents is 3. The van der Waals surface area contributed by atoms with Crippen LogP contribution in [0.5, 0.6) is 17.2 Å². The van der Waals surface area contributed by atoms with Crippen molar-refractivity contribution in [3.8, 4) is 17.2 Å². The summed E-state index contributed by atoms with van der Waals surface area (Å²) in [5.41, 5.74) is 12.3. The Morgan fingerprint density at radius 1 is 0.333 bits per heavy atom. The van der Waals surface area contributed by atoms with Crippen molar-refractivity contribution in [2.75, 3.05) is 0 Å². The van der Waals surface area contributed by atoms with Gasteiger partial charge in [-0.1, -0.05) is 127 Å². The van der Waals surface area contributed by atoms with E-state index in [0.29, 0.717) is 16.7 Å². The lowest BCUT2D eigenvalue weighted by Gasteiger charge is -2.23. The SMILES string of the molecule is Cc1c(CSc2ccccc2N=Cc2c(O)ccc3ccccc23)c(C)c(CSc2ccccc2N=Cc2c(O)ccc3ccccc23)c(C)c1CSc1ccccc1N=Cc1c(O)ccc2ccccc12. The molecule has 0 atom stereocenters. The fraction of sp³-hybridized carbons (Fsp3) is 0.0952. The minimum Gasteiger partial charge on any atom is -0.507 e. The monoisotopic (exact) mass is 993 g/mol. The Morgan fingerprint density at radius 2 is 0.597 bits per heavy atom. The number of hydrogen-bond donors (Lipinski definition) is 3. The third-order valence-corrected chi connectivity index (χ3v) is 16.5. The number of rotatable bonds is 15. The van der Waals surface area contributed by atoms with Crippen molar-refractivity contribution < 1.29 is 15.3 Å². The first-order valence-corrected chi connectivity index (χ1v) is 26.7. The van der Waals surface area contributed by atoms with Gasteiger partial charge in [-0.3, -0.25) is 15.0 Å². The van der Waals surface area contributed by atoms with Crippen LogP contribution in [0, 0.1) is 20.8 Å². The minimum atomic E-state index is 0.196. The molecule has 0 aromatic heterocycles. The molecule has 10 rings (SSSR count). The lowest BCUT2D eigenvalue weighted by molar-refractivity contribution is 0.475. The lowest BCUT2D eigenvalue weighted by atomic mass is 9.90. The summed E-state index contributed by atoms with van der Waals surface area (Å²) in [6.07, 6.45) is 5.34. The highest BCUT2D eigenvalue weighted by atomic mass is 32.2. The van der Waals surface area contributed by atoms with Crippen molar-refractivity contribution in [1.82, 2.24) is 0 Å². The maximum Gasteiger partial charge on any atom is 0.124 e. The number of nitrogens with zero attached hydrogens (tertiary/aromatic N) is 3. The molecule has 6 nitrogen and oxygen atoms in total. The van der Waals surface area contributed by atoms with Gasteiger partial charge in [-0.25, -0.2) is 0 Å². The summed E-state index contributed by atoms with van der Waals surface area (Å²) in [5.74, 6) is 2.77. The Balaban J connectivity index is 0.976. The van der Waals surface area contributed by atoms with Crippen LogP contribution in [-0.4, -0.2) is 34.0 Å². The van der Waals surface area contributed by atoms with Gasteiger partial charge in [-0.05, 0) is 141 Å². The molecule has 0 fully saturated rings. The molecule has 0 saturated carbocycles. The van der Waals surface area contributed by atoms with E-state index in [0.717, 1.165) is 81.3 Å². The molecule has 9 heteroatoms. The van der Waals surface area contributed by atoms with E-state index in [1.807, 2.05) is 127 Å². The highest BCUT2D eigenvalue weighted by molar-refractivity contribution is 7.99. The molecule has 354 valence electrons. The number of hydrogen-bond acceptors (Lipinski definition) is 9. The number of aromatic hydroxyl groups is 3. The zero-order valence-corrected chi connectivity index (χ0v) is 42.5. The van der Waals surface area contributed by atoms with Crippen LogP contribution in [0.15, 0.2) is 212 Å². The molecule has 0 heterocycles. The number of para-hydroxylation sites is 3. The molecule has 0 saturated heterocycles. The summed E-state index contributed by atoms with van der Waals surface area (Å²) < 4.78 is 0. The second kappa shape index (κ2) is 21.8. The Labute approximate surface area is 433 Å². The Kier molecular flexibility index (Phi) is 14.6. The third-order valence-electron chi connectivity index (χ3n) is 13.3. The molecule has 0 radical (unpaired) electrons. The topological polar surface area (TPSA) is 97.8 Å². The van der Waals surface area contributed by atoms with E-state index < -0.39 is 0 Å². The Hall–Kier alpha value is -7.56. The van der Waals surface area contributed by atoms with Gasteiger partial charge in [-0.15, -0.1) is 35.3 Å². The molecular formula is C63H51N3O3S3. The van der Waals surface area contributed by atoms with Crippen molar-refractivity contribution in [3.63, 3.8) is 0 Å². The van der Waals surface area contributed by atoms with Crippen LogP contribution in [0.4, 0.5) is 17.1 Å². The quantitative estimate of drug-likeness (QED) is 0.0699. The number of benzene rings is 10. The zero-order chi connectivity index (χ0) is 49.6. The number of fused-ring (bicyclic) bond motifs is 3. The normalized spacial score (nSPS) is 11.9. The van der Waals surface area contributed by atoms with E-state index >= 15 is 0 Å². The van der Waals surface area contributed by atoms with Gasteiger partial charge in [0.2, 0.25) is 0 Å². The molecular weight excluding hydrogens is 943 g/mol. The molecule has 3 N–H and O–H groups in total. The summed E-state index contributed by atoms with van der Waals surface area (Å²) >= 11 is 5.32. The average Bonchev–Trinajstić information content (AvgIpc) is 3.40. The molecule has 0 aliphatic carbocycles. The highest BCUT2D eigenvalue weighted by Crippen LogP contribution is 2.42. The number of phenols is 3. The maximum absolute atomic E-state index is 10.9. The molecule has 0 spiro atoms. The number of aliphatic imine (C=N–C) groups is 3. The van der Waals surface area contributed by atoms with Gasteiger partial charge < -0.3 is 15.3 Å².